The van der Waals surface area contributed by atoms with Gasteiger partial charge in [-0.3, -0.25) is 5.41 Å². The van der Waals surface area contributed by atoms with Crippen molar-refractivity contribution < 1.29 is 17.7 Å². The Morgan fingerprint density at radius 3 is 1.18 bits per heavy atom. The lowest BCUT2D eigenvalue weighted by molar-refractivity contribution is 0.571. The van der Waals surface area contributed by atoms with E-state index >= 15 is 0 Å². The highest BCUT2D eigenvalue weighted by atomic mass is 16.3. The SMILES string of the molecule is N#CN=C1c2nc(-c3ccco3)c(-c3ccco3)nc2C(=N)c2nc(-c3ccco3)c(-c3ccco3)nc21. The molecule has 180 valence electrons. The fourth-order valence-electron chi connectivity index (χ4n) is 4.27. The molecule has 11 heteroatoms. The lowest BCUT2D eigenvalue weighted by Crippen LogP contribution is -2.28. The van der Waals surface area contributed by atoms with Crippen LogP contribution in [-0.4, -0.2) is 31.4 Å². The zero-order valence-corrected chi connectivity index (χ0v) is 19.2. The van der Waals surface area contributed by atoms with Gasteiger partial charge in [0.05, 0.1) is 25.1 Å². The molecule has 0 saturated carbocycles. The van der Waals surface area contributed by atoms with Crippen molar-refractivity contribution in [2.45, 2.75) is 0 Å². The van der Waals surface area contributed by atoms with Crippen molar-refractivity contribution in [2.24, 2.45) is 4.99 Å². The molecule has 7 rings (SSSR count). The smallest absolute Gasteiger partial charge is 0.206 e. The number of nitriles is 1. The summed E-state index contributed by atoms with van der Waals surface area (Å²) in [6.45, 7) is 0. The van der Waals surface area contributed by atoms with Gasteiger partial charge in [-0.1, -0.05) is 0 Å². The Morgan fingerprint density at radius 2 is 0.895 bits per heavy atom. The second-order valence-electron chi connectivity index (χ2n) is 8.08. The van der Waals surface area contributed by atoms with Crippen molar-refractivity contribution in [3.05, 3.63) is 96.4 Å². The first-order valence-electron chi connectivity index (χ1n) is 11.3. The average molecular weight is 499 g/mol. The second-order valence-corrected chi connectivity index (χ2v) is 8.08. The molecule has 6 aromatic rings. The van der Waals surface area contributed by atoms with Gasteiger partial charge >= 0.3 is 0 Å². The predicted molar refractivity (Wildman–Crippen MR) is 132 cm³/mol. The Kier molecular flexibility index (Phi) is 4.70. The summed E-state index contributed by atoms with van der Waals surface area (Å²) in [7, 11) is 0. The first kappa shape index (κ1) is 21.4. The number of hydrogen-bond donors (Lipinski definition) is 1. The van der Waals surface area contributed by atoms with Crippen molar-refractivity contribution in [2.75, 3.05) is 0 Å². The highest BCUT2D eigenvalue weighted by molar-refractivity contribution is 6.28. The van der Waals surface area contributed by atoms with E-state index in [1.165, 1.54) is 25.1 Å². The van der Waals surface area contributed by atoms with Crippen LogP contribution in [0.1, 0.15) is 22.8 Å². The summed E-state index contributed by atoms with van der Waals surface area (Å²) in [6, 6.07) is 13.8. The van der Waals surface area contributed by atoms with E-state index < -0.39 is 0 Å². The van der Waals surface area contributed by atoms with Crippen molar-refractivity contribution in [1.82, 2.24) is 19.9 Å². The Hall–Kier alpha value is -5.89. The number of aliphatic imine (C=N–C) groups is 1. The van der Waals surface area contributed by atoms with Crippen molar-refractivity contribution >= 4 is 11.4 Å². The summed E-state index contributed by atoms with van der Waals surface area (Å²) >= 11 is 0. The molecule has 0 fully saturated rings. The van der Waals surface area contributed by atoms with E-state index in [4.69, 9.17) is 43.0 Å². The van der Waals surface area contributed by atoms with Crippen LogP contribution in [0.25, 0.3) is 45.8 Å². The molecule has 1 aliphatic rings. The van der Waals surface area contributed by atoms with E-state index in [0.717, 1.165) is 0 Å². The fourth-order valence-corrected chi connectivity index (χ4v) is 4.27. The first-order valence-corrected chi connectivity index (χ1v) is 11.3. The third kappa shape index (κ3) is 3.21. The molecule has 0 spiro atoms. The third-order valence-corrected chi connectivity index (χ3v) is 5.89. The monoisotopic (exact) mass is 499 g/mol. The van der Waals surface area contributed by atoms with E-state index in [-0.39, 0.29) is 34.2 Å². The third-order valence-electron chi connectivity index (χ3n) is 5.89. The molecular weight excluding hydrogens is 486 g/mol. The lowest BCUT2D eigenvalue weighted by atomic mass is 9.94. The Morgan fingerprint density at radius 1 is 0.553 bits per heavy atom. The number of furan rings is 4. The van der Waals surface area contributed by atoms with Crippen LogP contribution in [0.2, 0.25) is 0 Å². The highest BCUT2D eigenvalue weighted by Crippen LogP contribution is 2.36. The van der Waals surface area contributed by atoms with Gasteiger partial charge in [0.25, 0.3) is 0 Å². The van der Waals surface area contributed by atoms with Crippen LogP contribution >= 0.6 is 0 Å². The van der Waals surface area contributed by atoms with Crippen LogP contribution in [0.4, 0.5) is 0 Å². The number of aromatic nitrogens is 4. The molecule has 1 aliphatic carbocycles. The van der Waals surface area contributed by atoms with Crippen molar-refractivity contribution in [3.8, 4) is 52.0 Å². The summed E-state index contributed by atoms with van der Waals surface area (Å²) in [5.41, 5.74) is 2.22. The number of fused-ring (bicyclic) bond motifs is 2. The van der Waals surface area contributed by atoms with E-state index in [9.17, 15) is 5.26 Å². The molecule has 0 unspecified atom stereocenters. The Bertz CT molecular complexity index is 1750. The maximum Gasteiger partial charge on any atom is 0.206 e. The van der Waals surface area contributed by atoms with E-state index in [0.29, 0.717) is 45.8 Å². The number of nitrogens with zero attached hydrogens (tertiary/aromatic N) is 6. The van der Waals surface area contributed by atoms with Crippen LogP contribution in [-0.2, 0) is 0 Å². The minimum Gasteiger partial charge on any atom is -0.463 e. The molecule has 0 bridgehead atoms. The zero-order valence-electron chi connectivity index (χ0n) is 19.2. The maximum atomic E-state index is 9.60. The Labute approximate surface area is 213 Å². The van der Waals surface area contributed by atoms with Crippen LogP contribution in [0.3, 0.4) is 0 Å². The van der Waals surface area contributed by atoms with Gasteiger partial charge in [-0.05, 0) is 48.5 Å². The zero-order chi connectivity index (χ0) is 25.6. The molecule has 11 nitrogen and oxygen atoms in total. The Balaban J connectivity index is 1.52. The van der Waals surface area contributed by atoms with Crippen LogP contribution in [0.15, 0.2) is 96.2 Å². The highest BCUT2D eigenvalue weighted by Gasteiger charge is 2.36. The summed E-state index contributed by atoms with van der Waals surface area (Å²) in [6.07, 6.45) is 7.89. The molecule has 6 heterocycles. The van der Waals surface area contributed by atoms with E-state index in [2.05, 4.69) is 4.99 Å². The van der Waals surface area contributed by atoms with Gasteiger partial charge in [-0.15, -0.1) is 0 Å². The minimum absolute atomic E-state index is 0.0514. The van der Waals surface area contributed by atoms with Crippen LogP contribution < -0.4 is 0 Å². The molecule has 1 N–H and O–H groups in total. The molecule has 0 atom stereocenters. The summed E-state index contributed by atoms with van der Waals surface area (Å²) in [5, 5.41) is 18.7. The second kappa shape index (κ2) is 8.35. The normalized spacial score (nSPS) is 12.2. The topological polar surface area (TPSA) is 164 Å². The minimum atomic E-state index is -0.0514. The summed E-state index contributed by atoms with van der Waals surface area (Å²) in [5.74, 6) is 1.71. The summed E-state index contributed by atoms with van der Waals surface area (Å²) < 4.78 is 22.4. The fraction of sp³-hybridized carbons (Fsp3) is 0. The van der Waals surface area contributed by atoms with Gasteiger partial charge in [0.15, 0.2) is 23.0 Å². The molecule has 0 aromatic carbocycles. The standard InChI is InChI=1S/C27H13N7O4/c28-13-30-25-26-23(31-19(14-5-1-9-35-14)21(33-26)16-7-3-11-37-16)18(29)24-27(25)34-22(17-8-4-12-38-17)20(32-24)15-6-2-10-36-15/h1-12,29H. The molecular formula is C27H13N7O4. The molecule has 0 amide bonds. The lowest BCUT2D eigenvalue weighted by Gasteiger charge is -2.21. The van der Waals surface area contributed by atoms with Crippen LogP contribution in [0.5, 0.6) is 0 Å². The number of rotatable bonds is 4. The average Bonchev–Trinajstić information content (AvgIpc) is 3.78. The first-order chi connectivity index (χ1) is 18.7. The van der Waals surface area contributed by atoms with Crippen molar-refractivity contribution in [1.29, 1.82) is 10.7 Å². The largest absolute Gasteiger partial charge is 0.463 e. The van der Waals surface area contributed by atoms with Crippen molar-refractivity contribution in [3.63, 3.8) is 0 Å². The quantitative estimate of drug-likeness (QED) is 0.314. The van der Waals surface area contributed by atoms with Gasteiger partial charge in [-0.25, -0.2) is 19.9 Å². The van der Waals surface area contributed by atoms with Gasteiger partial charge in [0.2, 0.25) is 6.19 Å². The molecule has 38 heavy (non-hydrogen) atoms. The van der Waals surface area contributed by atoms with Gasteiger partial charge < -0.3 is 17.7 Å². The molecule has 6 aromatic heterocycles. The summed E-state index contributed by atoms with van der Waals surface area (Å²) in [4.78, 5) is 23.1. The molecule has 0 aliphatic heterocycles. The van der Waals surface area contributed by atoms with Gasteiger partial charge in [0.1, 0.15) is 57.0 Å². The van der Waals surface area contributed by atoms with Gasteiger partial charge in [-0.2, -0.15) is 10.3 Å². The predicted octanol–water partition coefficient (Wildman–Crippen LogP) is 5.35. The van der Waals surface area contributed by atoms with Crippen LogP contribution in [0, 0.1) is 16.9 Å². The van der Waals surface area contributed by atoms with E-state index in [1.807, 2.05) is 6.19 Å². The molecule has 0 saturated heterocycles. The number of hydrogen-bond acceptors (Lipinski definition) is 11. The molecule has 0 radical (unpaired) electrons. The maximum absolute atomic E-state index is 9.60. The van der Waals surface area contributed by atoms with Gasteiger partial charge in [0, 0.05) is 0 Å². The van der Waals surface area contributed by atoms with E-state index in [1.54, 1.807) is 48.5 Å². The number of nitrogens with one attached hydrogen (secondary N) is 1.